The zero-order chi connectivity index (χ0) is 12.6. The maximum Gasteiger partial charge on any atom is 0.293 e. The van der Waals surface area contributed by atoms with Gasteiger partial charge in [0.25, 0.3) is 6.47 Å². The first-order chi connectivity index (χ1) is 7.39. The van der Waals surface area contributed by atoms with E-state index in [0.717, 1.165) is 11.4 Å². The van der Waals surface area contributed by atoms with Crippen LogP contribution in [0.15, 0.2) is 24.8 Å². The van der Waals surface area contributed by atoms with Crippen LogP contribution in [0.5, 0.6) is 0 Å². The van der Waals surface area contributed by atoms with E-state index in [4.69, 9.17) is 5.73 Å². The maximum atomic E-state index is 9.60. The lowest BCUT2D eigenvalue weighted by molar-refractivity contribution is -0.138. The largest absolute Gasteiger partial charge is 0.462 e. The van der Waals surface area contributed by atoms with Crippen molar-refractivity contribution in [2.75, 3.05) is 5.73 Å². The van der Waals surface area contributed by atoms with E-state index < -0.39 is 0 Å². The minimum Gasteiger partial charge on any atom is -0.462 e. The first-order valence-electron chi connectivity index (χ1n) is 4.95. The second kappa shape index (κ2) is 7.06. The average Bonchev–Trinajstić information content (AvgIpc) is 2.51. The van der Waals surface area contributed by atoms with Crippen molar-refractivity contribution >= 4 is 22.8 Å². The number of thiophene rings is 1. The van der Waals surface area contributed by atoms with Crippen LogP contribution in [0.1, 0.15) is 25.6 Å². The molecule has 0 aliphatic carbocycles. The van der Waals surface area contributed by atoms with Crippen LogP contribution < -0.4 is 5.73 Å². The van der Waals surface area contributed by atoms with Gasteiger partial charge < -0.3 is 10.5 Å². The molecule has 0 aliphatic rings. The van der Waals surface area contributed by atoms with Crippen LogP contribution >= 0.6 is 11.3 Å². The molecular weight excluding hydrogens is 222 g/mol. The molecule has 0 bridgehead atoms. The summed E-state index contributed by atoms with van der Waals surface area (Å²) in [5.74, 6) is 0. The van der Waals surface area contributed by atoms with E-state index in [1.165, 1.54) is 4.88 Å². The van der Waals surface area contributed by atoms with Gasteiger partial charge in [0.1, 0.15) is 5.60 Å². The Morgan fingerprint density at radius 3 is 2.38 bits per heavy atom. The highest BCUT2D eigenvalue weighted by Gasteiger charge is 2.07. The summed E-state index contributed by atoms with van der Waals surface area (Å²) in [5, 5.41) is 0.881. The third kappa shape index (κ3) is 8.05. The topological polar surface area (TPSA) is 52.3 Å². The molecule has 0 atom stereocenters. The van der Waals surface area contributed by atoms with Crippen molar-refractivity contribution in [2.45, 2.75) is 32.8 Å². The number of anilines is 1. The Hall–Kier alpha value is -1.29. The highest BCUT2D eigenvalue weighted by Crippen LogP contribution is 2.18. The number of hydrogen-bond acceptors (Lipinski definition) is 4. The summed E-state index contributed by atoms with van der Waals surface area (Å²) in [6, 6.07) is 3.95. The van der Waals surface area contributed by atoms with Crippen LogP contribution in [0.4, 0.5) is 5.00 Å². The van der Waals surface area contributed by atoms with Crippen molar-refractivity contribution in [3.8, 4) is 0 Å². The summed E-state index contributed by atoms with van der Waals surface area (Å²) in [6.45, 7) is 9.55. The molecule has 0 saturated heterocycles. The number of allylic oxidation sites excluding steroid dienone is 1. The fourth-order valence-electron chi connectivity index (χ4n) is 0.791. The van der Waals surface area contributed by atoms with Crippen LogP contribution in [0.2, 0.25) is 0 Å². The number of nitrogens with two attached hydrogens (primary N) is 1. The average molecular weight is 241 g/mol. The maximum absolute atomic E-state index is 9.60. The van der Waals surface area contributed by atoms with E-state index in [1.807, 2.05) is 39.0 Å². The summed E-state index contributed by atoms with van der Waals surface area (Å²) in [4.78, 5) is 10.9. The van der Waals surface area contributed by atoms with Gasteiger partial charge in [-0.05, 0) is 39.3 Å². The number of ether oxygens (including phenoxy) is 1. The van der Waals surface area contributed by atoms with Gasteiger partial charge in [0, 0.05) is 4.88 Å². The van der Waals surface area contributed by atoms with Gasteiger partial charge in [-0.1, -0.05) is 6.08 Å². The summed E-state index contributed by atoms with van der Waals surface area (Å²) < 4.78 is 4.55. The highest BCUT2D eigenvalue weighted by molar-refractivity contribution is 7.15. The van der Waals surface area contributed by atoms with Gasteiger partial charge in [-0.2, -0.15) is 0 Å². The molecule has 0 saturated carbocycles. The Balaban J connectivity index is 0.000000293. The molecule has 90 valence electrons. The third-order valence-corrected chi connectivity index (χ3v) is 2.37. The molecule has 0 spiro atoms. The molecule has 2 N–H and O–H groups in total. The Morgan fingerprint density at radius 2 is 2.12 bits per heavy atom. The molecule has 1 heterocycles. The van der Waals surface area contributed by atoms with Gasteiger partial charge in [0.05, 0.1) is 5.00 Å². The monoisotopic (exact) mass is 241 g/mol. The Labute approximate surface area is 101 Å². The number of rotatable bonds is 3. The summed E-state index contributed by atoms with van der Waals surface area (Å²) in [6.07, 6.45) is 2.81. The first kappa shape index (κ1) is 14.7. The summed E-state index contributed by atoms with van der Waals surface area (Å²) in [7, 11) is 0. The summed E-state index contributed by atoms with van der Waals surface area (Å²) in [5.41, 5.74) is 5.18. The zero-order valence-electron chi connectivity index (χ0n) is 10.0. The molecule has 0 amide bonds. The van der Waals surface area contributed by atoms with Crippen LogP contribution in [0, 0.1) is 0 Å². The number of carbonyl (C=O) groups excluding carboxylic acids is 1. The second-order valence-electron chi connectivity index (χ2n) is 4.12. The molecule has 0 fully saturated rings. The Kier molecular flexibility index (Phi) is 6.49. The molecule has 1 aromatic heterocycles. The van der Waals surface area contributed by atoms with Crippen molar-refractivity contribution in [3.05, 3.63) is 29.7 Å². The lowest BCUT2D eigenvalue weighted by Crippen LogP contribution is -2.17. The van der Waals surface area contributed by atoms with Gasteiger partial charge in [0.2, 0.25) is 0 Å². The van der Waals surface area contributed by atoms with Crippen molar-refractivity contribution in [1.82, 2.24) is 0 Å². The van der Waals surface area contributed by atoms with Gasteiger partial charge in [0.15, 0.2) is 0 Å². The number of nitrogen functional groups attached to an aromatic ring is 1. The van der Waals surface area contributed by atoms with Crippen molar-refractivity contribution < 1.29 is 9.53 Å². The van der Waals surface area contributed by atoms with Gasteiger partial charge in [-0.15, -0.1) is 17.9 Å². The predicted octanol–water partition coefficient (Wildman–Crippen LogP) is 3.02. The Bertz CT molecular complexity index is 326. The SMILES string of the molecule is C=CCc1ccc(N)s1.CC(C)(C)OC=O. The molecule has 0 radical (unpaired) electrons. The fourth-order valence-corrected chi connectivity index (χ4v) is 1.57. The lowest BCUT2D eigenvalue weighted by Gasteiger charge is -2.14. The number of hydrogen-bond donors (Lipinski definition) is 1. The minimum absolute atomic E-state index is 0.318. The Morgan fingerprint density at radius 1 is 1.50 bits per heavy atom. The molecule has 0 unspecified atom stereocenters. The second-order valence-corrected chi connectivity index (χ2v) is 5.32. The van der Waals surface area contributed by atoms with Crippen LogP contribution in [-0.4, -0.2) is 12.1 Å². The van der Waals surface area contributed by atoms with E-state index in [0.29, 0.717) is 6.47 Å². The van der Waals surface area contributed by atoms with E-state index in [2.05, 4.69) is 11.3 Å². The minimum atomic E-state index is -0.318. The lowest BCUT2D eigenvalue weighted by atomic mass is 10.2. The van der Waals surface area contributed by atoms with Crippen LogP contribution in [-0.2, 0) is 16.0 Å². The molecule has 4 heteroatoms. The van der Waals surface area contributed by atoms with Crippen molar-refractivity contribution in [3.63, 3.8) is 0 Å². The van der Waals surface area contributed by atoms with Crippen LogP contribution in [0.25, 0.3) is 0 Å². The normalized spacial score (nSPS) is 9.94. The standard InChI is InChI=1S/C7H9NS.C5H10O2/c1-2-3-6-4-5-7(8)9-6;1-5(2,3)7-4-6/h2,4-5H,1,3,8H2;4H,1-3H3. The van der Waals surface area contributed by atoms with Crippen molar-refractivity contribution in [2.24, 2.45) is 0 Å². The zero-order valence-corrected chi connectivity index (χ0v) is 10.8. The van der Waals surface area contributed by atoms with E-state index in [9.17, 15) is 4.79 Å². The summed E-state index contributed by atoms with van der Waals surface area (Å²) >= 11 is 1.62. The van der Waals surface area contributed by atoms with E-state index in [-0.39, 0.29) is 5.60 Å². The fraction of sp³-hybridized carbons (Fsp3) is 0.417. The molecule has 0 aromatic carbocycles. The van der Waals surface area contributed by atoms with Gasteiger partial charge >= 0.3 is 0 Å². The van der Waals surface area contributed by atoms with Gasteiger partial charge in [-0.25, -0.2) is 0 Å². The van der Waals surface area contributed by atoms with Crippen molar-refractivity contribution in [1.29, 1.82) is 0 Å². The predicted molar refractivity (Wildman–Crippen MR) is 69.5 cm³/mol. The first-order valence-corrected chi connectivity index (χ1v) is 5.77. The molecular formula is C12H19NO2S. The highest BCUT2D eigenvalue weighted by atomic mass is 32.1. The van der Waals surface area contributed by atoms with Crippen LogP contribution in [0.3, 0.4) is 0 Å². The quantitative estimate of drug-likeness (QED) is 0.653. The molecule has 1 rings (SSSR count). The molecule has 0 aliphatic heterocycles. The molecule has 3 nitrogen and oxygen atoms in total. The van der Waals surface area contributed by atoms with E-state index >= 15 is 0 Å². The molecule has 1 aromatic rings. The van der Waals surface area contributed by atoms with E-state index in [1.54, 1.807) is 11.3 Å². The molecule has 16 heavy (non-hydrogen) atoms. The number of carbonyl (C=O) groups is 1. The smallest absolute Gasteiger partial charge is 0.293 e. The van der Waals surface area contributed by atoms with Gasteiger partial charge in [-0.3, -0.25) is 4.79 Å². The third-order valence-electron chi connectivity index (χ3n) is 1.43.